The van der Waals surface area contributed by atoms with E-state index in [1.807, 2.05) is 13.1 Å². The van der Waals surface area contributed by atoms with Crippen LogP contribution in [0.5, 0.6) is 11.5 Å². The summed E-state index contributed by atoms with van der Waals surface area (Å²) in [6, 6.07) is 7.88. The Kier molecular flexibility index (Phi) is 5.86. The van der Waals surface area contributed by atoms with Crippen molar-refractivity contribution in [3.8, 4) is 11.5 Å². The zero-order valence-electron chi connectivity index (χ0n) is 22.2. The quantitative estimate of drug-likeness (QED) is 0.562. The van der Waals surface area contributed by atoms with E-state index in [4.69, 9.17) is 4.74 Å². The summed E-state index contributed by atoms with van der Waals surface area (Å²) in [4.78, 5) is 17.2. The molecule has 2 aromatic rings. The van der Waals surface area contributed by atoms with E-state index in [1.165, 1.54) is 24.3 Å². The van der Waals surface area contributed by atoms with Crippen LogP contribution in [0.1, 0.15) is 48.4 Å². The first-order valence-electron chi connectivity index (χ1n) is 13.5. The molecule has 2 N–H and O–H groups in total. The molecule has 6 nitrogen and oxygen atoms in total. The SMILES string of the molecule is CC[C@H]1C[C@H](N(C)C(=O)C=Cc2cccc(C(F)(F)F)c2)[C@@H]2Oc3c(O)ccc4c3[C@@]23CCN(C)[C@H](C4)[C@]13O. The van der Waals surface area contributed by atoms with Crippen molar-refractivity contribution < 1.29 is 32.9 Å². The van der Waals surface area contributed by atoms with Crippen LogP contribution in [0, 0.1) is 5.92 Å². The third-order valence-corrected chi connectivity index (χ3v) is 9.89. The lowest BCUT2D eigenvalue weighted by atomic mass is 9.45. The average Bonchev–Trinajstić information content (AvgIpc) is 3.26. The van der Waals surface area contributed by atoms with Crippen LogP contribution in [0.3, 0.4) is 0 Å². The van der Waals surface area contributed by atoms with Crippen LogP contribution in [0.4, 0.5) is 13.2 Å². The highest BCUT2D eigenvalue weighted by Gasteiger charge is 2.75. The maximum Gasteiger partial charge on any atom is 0.416 e. The van der Waals surface area contributed by atoms with Gasteiger partial charge in [0.25, 0.3) is 0 Å². The van der Waals surface area contributed by atoms with Gasteiger partial charge in [-0.2, -0.15) is 13.2 Å². The smallest absolute Gasteiger partial charge is 0.416 e. The lowest BCUT2D eigenvalue weighted by Crippen LogP contribution is -2.80. The maximum atomic E-state index is 13.4. The van der Waals surface area contributed by atoms with Gasteiger partial charge in [-0.05, 0) is 74.2 Å². The number of aromatic hydroxyl groups is 1. The number of phenolic OH excluding ortho intramolecular Hbond substituents is 1. The summed E-state index contributed by atoms with van der Waals surface area (Å²) in [5.74, 6) is -0.0545. The molecule has 1 saturated carbocycles. The standard InChI is InChI=1S/C30H33F3N2O4/c1-4-19-16-21(35(3)24(37)11-8-17-6-5-7-20(14-17)30(31,32)33)27-28-12-13-34(2)23(29(19,28)38)15-18-9-10-22(36)26(39-27)25(18)28/h5-11,14,19,21,23,27,36,38H,4,12-13,15-16H2,1-3H3/t19-,21-,23+,27-,28-,29+/m0/s1. The Balaban J connectivity index is 1.38. The summed E-state index contributed by atoms with van der Waals surface area (Å²) in [6.45, 7) is 2.80. The van der Waals surface area contributed by atoms with Gasteiger partial charge in [0.1, 0.15) is 6.10 Å². The Bertz CT molecular complexity index is 1360. The molecule has 2 aromatic carbocycles. The molecule has 0 unspecified atom stereocenters. The van der Waals surface area contributed by atoms with Crippen molar-refractivity contribution in [3.63, 3.8) is 0 Å². The lowest BCUT2D eigenvalue weighted by molar-refractivity contribution is -0.224. The van der Waals surface area contributed by atoms with Crippen molar-refractivity contribution in [2.24, 2.45) is 5.92 Å². The molecule has 2 aliphatic heterocycles. The Morgan fingerprint density at radius 2 is 2.05 bits per heavy atom. The van der Waals surface area contributed by atoms with E-state index in [-0.39, 0.29) is 29.2 Å². The first-order chi connectivity index (χ1) is 18.4. The fourth-order valence-electron chi connectivity index (χ4n) is 8.06. The minimum absolute atomic E-state index is 0.0301. The summed E-state index contributed by atoms with van der Waals surface area (Å²) >= 11 is 0. The van der Waals surface area contributed by atoms with E-state index in [9.17, 15) is 28.2 Å². The summed E-state index contributed by atoms with van der Waals surface area (Å²) in [5.41, 5.74) is -0.444. The fraction of sp³-hybridized carbons (Fsp3) is 0.500. The molecule has 1 saturated heterocycles. The Morgan fingerprint density at radius 1 is 1.28 bits per heavy atom. The number of alkyl halides is 3. The summed E-state index contributed by atoms with van der Waals surface area (Å²) in [6.07, 6.45) is 0.137. The van der Waals surface area contributed by atoms with E-state index in [1.54, 1.807) is 18.0 Å². The zero-order chi connectivity index (χ0) is 27.9. The number of nitrogens with zero attached hydrogens (tertiary/aromatic N) is 2. The molecular formula is C30H33F3N2O4. The van der Waals surface area contributed by atoms with Crippen LogP contribution in [-0.4, -0.2) is 70.3 Å². The fourth-order valence-corrected chi connectivity index (χ4v) is 8.06. The van der Waals surface area contributed by atoms with Crippen LogP contribution in [0.2, 0.25) is 0 Å². The molecule has 2 bridgehead atoms. The van der Waals surface area contributed by atoms with Gasteiger partial charge in [-0.15, -0.1) is 0 Å². The predicted molar refractivity (Wildman–Crippen MR) is 139 cm³/mol. The molecule has 0 aromatic heterocycles. The summed E-state index contributed by atoms with van der Waals surface area (Å²) in [7, 11) is 3.72. The number of piperidine rings is 1. The Hall–Kier alpha value is -3.04. The van der Waals surface area contributed by atoms with Crippen LogP contribution < -0.4 is 4.74 Å². The number of carbonyl (C=O) groups excluding carboxylic acids is 1. The van der Waals surface area contributed by atoms with Crippen molar-refractivity contribution in [2.45, 2.75) is 68.0 Å². The molecule has 208 valence electrons. The molecule has 39 heavy (non-hydrogen) atoms. The van der Waals surface area contributed by atoms with E-state index >= 15 is 0 Å². The third kappa shape index (κ3) is 3.51. The monoisotopic (exact) mass is 542 g/mol. The molecule has 6 rings (SSSR count). The number of rotatable bonds is 4. The molecule has 0 radical (unpaired) electrons. The molecule has 2 aliphatic carbocycles. The number of amides is 1. The molecule has 2 fully saturated rings. The Morgan fingerprint density at radius 3 is 2.77 bits per heavy atom. The van der Waals surface area contributed by atoms with Gasteiger partial charge in [0.05, 0.1) is 22.6 Å². The normalized spacial score (nSPS) is 33.1. The second-order valence-electron chi connectivity index (χ2n) is 11.5. The van der Waals surface area contributed by atoms with Gasteiger partial charge in [-0.3, -0.25) is 4.79 Å². The molecule has 1 amide bonds. The second-order valence-corrected chi connectivity index (χ2v) is 11.5. The number of benzene rings is 2. The number of halogens is 3. The molecule has 6 atom stereocenters. The van der Waals surface area contributed by atoms with Crippen LogP contribution in [0.25, 0.3) is 6.08 Å². The number of likely N-dealkylation sites (N-methyl/N-ethyl adjacent to an activating group) is 2. The minimum Gasteiger partial charge on any atom is -0.504 e. The highest BCUT2D eigenvalue weighted by molar-refractivity contribution is 5.92. The average molecular weight is 543 g/mol. The number of hydrogen-bond donors (Lipinski definition) is 2. The number of carbonyl (C=O) groups is 1. The highest BCUT2D eigenvalue weighted by atomic mass is 19.4. The van der Waals surface area contributed by atoms with Gasteiger partial charge < -0.3 is 24.7 Å². The van der Waals surface area contributed by atoms with E-state index in [0.29, 0.717) is 31.4 Å². The summed E-state index contributed by atoms with van der Waals surface area (Å²) in [5, 5.41) is 23.5. The molecule has 1 spiro atoms. The van der Waals surface area contributed by atoms with E-state index in [0.717, 1.165) is 29.8 Å². The van der Waals surface area contributed by atoms with Gasteiger partial charge in [0.15, 0.2) is 11.5 Å². The van der Waals surface area contributed by atoms with Crippen molar-refractivity contribution in [1.82, 2.24) is 9.80 Å². The maximum absolute atomic E-state index is 13.4. The molecule has 4 aliphatic rings. The van der Waals surface area contributed by atoms with Crippen molar-refractivity contribution in [1.29, 1.82) is 0 Å². The zero-order valence-corrected chi connectivity index (χ0v) is 22.2. The summed E-state index contributed by atoms with van der Waals surface area (Å²) < 4.78 is 46.0. The van der Waals surface area contributed by atoms with Gasteiger partial charge in [-0.25, -0.2) is 0 Å². The van der Waals surface area contributed by atoms with Gasteiger partial charge in [0, 0.05) is 24.7 Å². The van der Waals surface area contributed by atoms with Crippen LogP contribution >= 0.6 is 0 Å². The topological polar surface area (TPSA) is 73.2 Å². The first kappa shape index (κ1) is 26.2. The molecule has 9 heteroatoms. The lowest BCUT2D eigenvalue weighted by Gasteiger charge is -2.66. The predicted octanol–water partition coefficient (Wildman–Crippen LogP) is 4.37. The number of aliphatic hydroxyl groups is 1. The van der Waals surface area contributed by atoms with Crippen LogP contribution in [-0.2, 0) is 22.8 Å². The molecule has 2 heterocycles. The van der Waals surface area contributed by atoms with Crippen molar-refractivity contribution in [3.05, 3.63) is 64.7 Å². The van der Waals surface area contributed by atoms with E-state index < -0.39 is 34.9 Å². The van der Waals surface area contributed by atoms with Crippen molar-refractivity contribution in [2.75, 3.05) is 20.6 Å². The number of hydrogen-bond acceptors (Lipinski definition) is 5. The first-order valence-corrected chi connectivity index (χ1v) is 13.5. The van der Waals surface area contributed by atoms with Gasteiger partial charge >= 0.3 is 6.18 Å². The van der Waals surface area contributed by atoms with E-state index in [2.05, 4.69) is 11.8 Å². The van der Waals surface area contributed by atoms with Gasteiger partial charge in [-0.1, -0.05) is 31.5 Å². The van der Waals surface area contributed by atoms with Gasteiger partial charge in [0.2, 0.25) is 5.91 Å². The number of ether oxygens (including phenoxy) is 1. The minimum atomic E-state index is -4.47. The van der Waals surface area contributed by atoms with Crippen molar-refractivity contribution >= 4 is 12.0 Å². The highest BCUT2D eigenvalue weighted by Crippen LogP contribution is 2.67. The number of phenols is 1. The second kappa shape index (κ2) is 8.73. The number of likely N-dealkylation sites (tertiary alicyclic amines) is 1. The third-order valence-electron chi connectivity index (χ3n) is 9.89. The Labute approximate surface area is 225 Å². The largest absolute Gasteiger partial charge is 0.504 e. The van der Waals surface area contributed by atoms with Crippen LogP contribution in [0.15, 0.2) is 42.5 Å². The molecular weight excluding hydrogens is 509 g/mol.